The van der Waals surface area contributed by atoms with Gasteiger partial charge in [0.05, 0.1) is 12.7 Å². The van der Waals surface area contributed by atoms with Crippen molar-refractivity contribution in [3.05, 3.63) is 111 Å². The first-order chi connectivity index (χ1) is 17.0. The second-order valence-corrected chi connectivity index (χ2v) is 8.36. The third kappa shape index (κ3) is 3.95. The molecule has 0 unspecified atom stereocenters. The van der Waals surface area contributed by atoms with Crippen molar-refractivity contribution >= 4 is 32.7 Å². The number of hydrogen-bond donors (Lipinski definition) is 0. The van der Waals surface area contributed by atoms with Gasteiger partial charge >= 0.3 is 11.3 Å². The van der Waals surface area contributed by atoms with Crippen LogP contribution in [-0.4, -0.2) is 15.0 Å². The van der Waals surface area contributed by atoms with Gasteiger partial charge in [0.1, 0.15) is 29.2 Å². The van der Waals surface area contributed by atoms with Gasteiger partial charge in [0.15, 0.2) is 0 Å². The van der Waals surface area contributed by atoms with Crippen molar-refractivity contribution in [2.45, 2.75) is 20.1 Å². The molecule has 6 rings (SSSR count). The average Bonchev–Trinajstić information content (AvgIpc) is 3.29. The van der Waals surface area contributed by atoms with Crippen molar-refractivity contribution in [1.82, 2.24) is 15.0 Å². The summed E-state index contributed by atoms with van der Waals surface area (Å²) in [5.41, 5.74) is 2.48. The third-order valence-corrected chi connectivity index (χ3v) is 5.95. The lowest BCUT2D eigenvalue weighted by molar-refractivity contribution is 0.301. The second kappa shape index (κ2) is 8.25. The minimum Gasteiger partial charge on any atom is -0.487 e. The van der Waals surface area contributed by atoms with Crippen LogP contribution in [0, 0.1) is 6.92 Å². The summed E-state index contributed by atoms with van der Waals surface area (Å²) in [7, 11) is 0. The fourth-order valence-electron chi connectivity index (χ4n) is 4.30. The van der Waals surface area contributed by atoms with E-state index in [0.717, 1.165) is 32.7 Å². The van der Waals surface area contributed by atoms with Crippen LogP contribution in [0.15, 0.2) is 91.4 Å². The number of aromatic nitrogens is 3. The number of nitrogens with zero attached hydrogens (tertiary/aromatic N) is 3. The normalized spacial score (nSPS) is 11.5. The van der Waals surface area contributed by atoms with E-state index in [1.807, 2.05) is 55.5 Å². The molecule has 8 nitrogen and oxygen atoms in total. The van der Waals surface area contributed by atoms with E-state index >= 15 is 0 Å². The summed E-state index contributed by atoms with van der Waals surface area (Å²) >= 11 is 0. The van der Waals surface area contributed by atoms with E-state index < -0.39 is 11.3 Å². The lowest BCUT2D eigenvalue weighted by atomic mass is 10.0. The first kappa shape index (κ1) is 20.9. The standard InChI is InChI=1S/C27H19N3O5/c1-16-10-25(31)34-24-12-20(7-9-21(16)24)33-15-19-14-30(29-28-19)13-18-11-26(32)35-27-22-5-3-2-4-17(22)6-8-23(18)27/h2-12,14H,13,15H2,1H3. The maximum absolute atomic E-state index is 12.3. The van der Waals surface area contributed by atoms with Crippen LogP contribution in [0.1, 0.15) is 16.8 Å². The Morgan fingerprint density at radius 2 is 1.71 bits per heavy atom. The molecule has 35 heavy (non-hydrogen) atoms. The Hall–Kier alpha value is -4.72. The number of aryl methyl sites for hydroxylation is 1. The molecular formula is C27H19N3O5. The summed E-state index contributed by atoms with van der Waals surface area (Å²) in [4.78, 5) is 23.9. The Morgan fingerprint density at radius 1 is 0.886 bits per heavy atom. The van der Waals surface area contributed by atoms with Crippen LogP contribution in [0.2, 0.25) is 0 Å². The van der Waals surface area contributed by atoms with Gasteiger partial charge in [0, 0.05) is 34.4 Å². The Morgan fingerprint density at radius 3 is 2.63 bits per heavy atom. The van der Waals surface area contributed by atoms with Crippen molar-refractivity contribution in [2.24, 2.45) is 0 Å². The lowest BCUT2D eigenvalue weighted by Crippen LogP contribution is -2.06. The molecule has 0 spiro atoms. The van der Waals surface area contributed by atoms with Gasteiger partial charge in [-0.2, -0.15) is 0 Å². The molecule has 0 amide bonds. The molecule has 0 aliphatic rings. The molecule has 0 saturated heterocycles. The largest absolute Gasteiger partial charge is 0.487 e. The fraction of sp³-hybridized carbons (Fsp3) is 0.111. The van der Waals surface area contributed by atoms with Gasteiger partial charge in [0.25, 0.3) is 0 Å². The van der Waals surface area contributed by atoms with Gasteiger partial charge < -0.3 is 13.6 Å². The number of rotatable bonds is 5. The van der Waals surface area contributed by atoms with Crippen molar-refractivity contribution in [3.8, 4) is 5.75 Å². The molecule has 172 valence electrons. The predicted molar refractivity (Wildman–Crippen MR) is 131 cm³/mol. The second-order valence-electron chi connectivity index (χ2n) is 8.36. The number of hydrogen-bond acceptors (Lipinski definition) is 7. The van der Waals surface area contributed by atoms with E-state index in [1.165, 1.54) is 12.1 Å². The lowest BCUT2D eigenvalue weighted by Gasteiger charge is -2.07. The van der Waals surface area contributed by atoms with E-state index in [9.17, 15) is 9.59 Å². The highest BCUT2D eigenvalue weighted by Gasteiger charge is 2.11. The Labute approximate surface area is 198 Å². The van der Waals surface area contributed by atoms with E-state index in [0.29, 0.717) is 29.2 Å². The first-order valence-electron chi connectivity index (χ1n) is 11.0. The summed E-state index contributed by atoms with van der Waals surface area (Å²) in [6.07, 6.45) is 1.77. The van der Waals surface area contributed by atoms with Crippen LogP contribution in [0.5, 0.6) is 5.75 Å². The maximum atomic E-state index is 12.3. The summed E-state index contributed by atoms with van der Waals surface area (Å²) in [6.45, 7) is 2.40. The van der Waals surface area contributed by atoms with Crippen LogP contribution >= 0.6 is 0 Å². The number of ether oxygens (including phenoxy) is 1. The molecule has 0 atom stereocenters. The van der Waals surface area contributed by atoms with Crippen LogP contribution in [-0.2, 0) is 13.2 Å². The molecule has 0 N–H and O–H groups in total. The summed E-state index contributed by atoms with van der Waals surface area (Å²) < 4.78 is 18.3. The highest BCUT2D eigenvalue weighted by Crippen LogP contribution is 2.27. The molecule has 0 aliphatic carbocycles. The monoisotopic (exact) mass is 465 g/mol. The Kier molecular flexibility index (Phi) is 4.92. The summed E-state index contributed by atoms with van der Waals surface area (Å²) in [5, 5.41) is 12.0. The molecule has 0 fully saturated rings. The zero-order valence-electron chi connectivity index (χ0n) is 18.7. The van der Waals surface area contributed by atoms with Gasteiger partial charge in [-0.05, 0) is 35.6 Å². The van der Waals surface area contributed by atoms with Crippen LogP contribution in [0.3, 0.4) is 0 Å². The molecule has 0 saturated carbocycles. The minimum atomic E-state index is -0.411. The van der Waals surface area contributed by atoms with Crippen molar-refractivity contribution in [1.29, 1.82) is 0 Å². The average molecular weight is 465 g/mol. The van der Waals surface area contributed by atoms with Crippen molar-refractivity contribution in [2.75, 3.05) is 0 Å². The van der Waals surface area contributed by atoms with E-state index in [2.05, 4.69) is 10.3 Å². The van der Waals surface area contributed by atoms with Crippen molar-refractivity contribution < 1.29 is 13.6 Å². The molecule has 0 radical (unpaired) electrons. The SMILES string of the molecule is Cc1cc(=O)oc2cc(OCc3cn(Cc4cc(=O)oc5c4ccc4ccccc45)nn3)ccc12. The van der Waals surface area contributed by atoms with Crippen molar-refractivity contribution in [3.63, 3.8) is 0 Å². The quantitative estimate of drug-likeness (QED) is 0.271. The molecule has 3 aromatic heterocycles. The maximum Gasteiger partial charge on any atom is 0.336 e. The zero-order valence-corrected chi connectivity index (χ0v) is 18.7. The van der Waals surface area contributed by atoms with E-state index in [1.54, 1.807) is 16.9 Å². The smallest absolute Gasteiger partial charge is 0.336 e. The number of benzene rings is 3. The highest BCUT2D eigenvalue weighted by molar-refractivity contribution is 6.04. The molecule has 0 bridgehead atoms. The van der Waals surface area contributed by atoms with Gasteiger partial charge in [-0.1, -0.05) is 41.6 Å². The number of fused-ring (bicyclic) bond motifs is 4. The highest BCUT2D eigenvalue weighted by atomic mass is 16.5. The van der Waals surface area contributed by atoms with Crippen LogP contribution < -0.4 is 16.0 Å². The van der Waals surface area contributed by atoms with Gasteiger partial charge in [-0.25, -0.2) is 14.3 Å². The summed E-state index contributed by atoms with van der Waals surface area (Å²) in [5.74, 6) is 0.555. The van der Waals surface area contributed by atoms with Crippen LogP contribution in [0.25, 0.3) is 32.7 Å². The Balaban J connectivity index is 1.24. The molecule has 0 aliphatic heterocycles. The first-order valence-corrected chi connectivity index (χ1v) is 11.0. The Bertz CT molecular complexity index is 1850. The summed E-state index contributed by atoms with van der Waals surface area (Å²) in [6, 6.07) is 20.1. The zero-order chi connectivity index (χ0) is 23.9. The predicted octanol–water partition coefficient (Wildman–Crippen LogP) is 4.58. The van der Waals surface area contributed by atoms with Gasteiger partial charge in [-0.3, -0.25) is 0 Å². The topological polar surface area (TPSA) is 100 Å². The fourth-order valence-corrected chi connectivity index (χ4v) is 4.30. The van der Waals surface area contributed by atoms with Gasteiger partial charge in [-0.15, -0.1) is 5.10 Å². The molecule has 3 aromatic carbocycles. The molecule has 8 heteroatoms. The van der Waals surface area contributed by atoms with Crippen LogP contribution in [0.4, 0.5) is 0 Å². The third-order valence-electron chi connectivity index (χ3n) is 5.95. The molecule has 3 heterocycles. The van der Waals surface area contributed by atoms with E-state index in [-0.39, 0.29) is 6.61 Å². The minimum absolute atomic E-state index is 0.184. The van der Waals surface area contributed by atoms with Gasteiger partial charge in [0.2, 0.25) is 0 Å². The molecule has 6 aromatic rings. The molecular weight excluding hydrogens is 446 g/mol. The van der Waals surface area contributed by atoms with E-state index in [4.69, 9.17) is 13.6 Å².